The predicted octanol–water partition coefficient (Wildman–Crippen LogP) is 3.05. The molecule has 1 aliphatic rings. The summed E-state index contributed by atoms with van der Waals surface area (Å²) >= 11 is 0. The molecule has 0 N–H and O–H groups in total. The lowest BCUT2D eigenvalue weighted by atomic mass is 9.87. The first-order chi connectivity index (χ1) is 9.86. The van der Waals surface area contributed by atoms with Crippen molar-refractivity contribution in [2.24, 2.45) is 11.8 Å². The molecule has 1 saturated heterocycles. The number of hydrogen-bond acceptors (Lipinski definition) is 3. The van der Waals surface area contributed by atoms with Gasteiger partial charge in [0.25, 0.3) is 0 Å². The van der Waals surface area contributed by atoms with Gasteiger partial charge >= 0.3 is 5.97 Å². The summed E-state index contributed by atoms with van der Waals surface area (Å²) in [5.74, 6) is -2.74. The number of rotatable bonds is 4. The van der Waals surface area contributed by atoms with Crippen molar-refractivity contribution in [3.8, 4) is 0 Å². The first-order valence-electron chi connectivity index (χ1n) is 7.05. The summed E-state index contributed by atoms with van der Waals surface area (Å²) in [5.41, 5.74) is 0.430. The van der Waals surface area contributed by atoms with Crippen molar-refractivity contribution in [2.75, 3.05) is 0 Å². The number of ketones is 1. The minimum atomic E-state index is -0.827. The number of benzene rings is 1. The van der Waals surface area contributed by atoms with Gasteiger partial charge in [-0.2, -0.15) is 0 Å². The number of Topliss-reactive ketones (excluding diaryl/α,β-unsaturated/α-hetero) is 1. The SMILES string of the molecule is CC(C)C1CC(=O)C(CCc2cc(F)cc(F)c2)C(=O)O1. The Morgan fingerprint density at radius 2 is 1.81 bits per heavy atom. The molecule has 0 radical (unpaired) electrons. The van der Waals surface area contributed by atoms with Crippen molar-refractivity contribution in [3.05, 3.63) is 35.4 Å². The van der Waals surface area contributed by atoms with E-state index in [0.717, 1.165) is 6.07 Å². The highest BCUT2D eigenvalue weighted by Crippen LogP contribution is 2.25. The lowest BCUT2D eigenvalue weighted by molar-refractivity contribution is -0.167. The van der Waals surface area contributed by atoms with Crippen LogP contribution in [-0.2, 0) is 20.7 Å². The first kappa shape index (κ1) is 15.6. The fourth-order valence-electron chi connectivity index (χ4n) is 2.46. The van der Waals surface area contributed by atoms with E-state index in [1.807, 2.05) is 13.8 Å². The van der Waals surface area contributed by atoms with Crippen LogP contribution < -0.4 is 0 Å². The van der Waals surface area contributed by atoms with E-state index in [0.29, 0.717) is 5.56 Å². The zero-order chi connectivity index (χ0) is 15.6. The van der Waals surface area contributed by atoms with E-state index in [4.69, 9.17) is 4.74 Å². The number of aryl methyl sites for hydroxylation is 1. The van der Waals surface area contributed by atoms with Crippen molar-refractivity contribution < 1.29 is 23.1 Å². The maximum atomic E-state index is 13.1. The van der Waals surface area contributed by atoms with Gasteiger partial charge in [0.05, 0.1) is 0 Å². The molecule has 1 fully saturated rings. The van der Waals surface area contributed by atoms with Crippen molar-refractivity contribution in [1.82, 2.24) is 0 Å². The van der Waals surface area contributed by atoms with Crippen LogP contribution in [0.1, 0.15) is 32.3 Å². The van der Waals surface area contributed by atoms with E-state index in [2.05, 4.69) is 0 Å². The second-order valence-electron chi connectivity index (χ2n) is 5.76. The van der Waals surface area contributed by atoms with Gasteiger partial charge in [-0.1, -0.05) is 13.8 Å². The number of ether oxygens (including phenoxy) is 1. The predicted molar refractivity (Wildman–Crippen MR) is 72.5 cm³/mol. The Morgan fingerprint density at radius 3 is 2.33 bits per heavy atom. The van der Waals surface area contributed by atoms with Gasteiger partial charge in [0, 0.05) is 12.5 Å². The highest BCUT2D eigenvalue weighted by molar-refractivity contribution is 6.01. The number of esters is 1. The van der Waals surface area contributed by atoms with Crippen LogP contribution in [0.25, 0.3) is 0 Å². The van der Waals surface area contributed by atoms with Gasteiger partial charge in [-0.05, 0) is 36.5 Å². The van der Waals surface area contributed by atoms with E-state index < -0.39 is 23.5 Å². The molecule has 114 valence electrons. The molecular formula is C16H18F2O3. The molecule has 21 heavy (non-hydrogen) atoms. The van der Waals surface area contributed by atoms with E-state index in [1.54, 1.807) is 0 Å². The number of cyclic esters (lactones) is 1. The van der Waals surface area contributed by atoms with Crippen LogP contribution >= 0.6 is 0 Å². The molecule has 0 amide bonds. The number of halogens is 2. The summed E-state index contributed by atoms with van der Waals surface area (Å²) in [6.07, 6.45) is 0.316. The van der Waals surface area contributed by atoms with Gasteiger partial charge in [0.15, 0.2) is 5.78 Å². The third kappa shape index (κ3) is 3.86. The Labute approximate surface area is 122 Å². The van der Waals surface area contributed by atoms with Crippen LogP contribution in [0.5, 0.6) is 0 Å². The molecule has 1 aromatic carbocycles. The lowest BCUT2D eigenvalue weighted by Crippen LogP contribution is -2.40. The van der Waals surface area contributed by atoms with Crippen LogP contribution in [0.3, 0.4) is 0 Å². The highest BCUT2D eigenvalue weighted by atomic mass is 19.1. The lowest BCUT2D eigenvalue weighted by Gasteiger charge is -2.29. The van der Waals surface area contributed by atoms with Gasteiger partial charge < -0.3 is 4.74 Å². The molecule has 0 aromatic heterocycles. The second kappa shape index (κ2) is 6.33. The van der Waals surface area contributed by atoms with Crippen LogP contribution in [-0.4, -0.2) is 17.9 Å². The Kier molecular flexibility index (Phi) is 4.70. The van der Waals surface area contributed by atoms with Gasteiger partial charge in [-0.25, -0.2) is 8.78 Å². The zero-order valence-electron chi connectivity index (χ0n) is 12.1. The summed E-state index contributed by atoms with van der Waals surface area (Å²) in [5, 5.41) is 0. The summed E-state index contributed by atoms with van der Waals surface area (Å²) in [6, 6.07) is 3.20. The fraction of sp³-hybridized carbons (Fsp3) is 0.500. The molecule has 5 heteroatoms. The monoisotopic (exact) mass is 296 g/mol. The molecule has 2 rings (SSSR count). The number of carbonyl (C=O) groups is 2. The van der Waals surface area contributed by atoms with Gasteiger partial charge in [-0.15, -0.1) is 0 Å². The Hall–Kier alpha value is -1.78. The van der Waals surface area contributed by atoms with E-state index >= 15 is 0 Å². The third-order valence-electron chi connectivity index (χ3n) is 3.73. The van der Waals surface area contributed by atoms with E-state index in [-0.39, 0.29) is 37.1 Å². The van der Waals surface area contributed by atoms with Crippen molar-refractivity contribution in [3.63, 3.8) is 0 Å². The summed E-state index contributed by atoms with van der Waals surface area (Å²) in [7, 11) is 0. The van der Waals surface area contributed by atoms with Crippen LogP contribution in [0.2, 0.25) is 0 Å². The summed E-state index contributed by atoms with van der Waals surface area (Å²) in [4.78, 5) is 23.9. The average Bonchev–Trinajstić information content (AvgIpc) is 2.36. The number of carbonyl (C=O) groups excluding carboxylic acids is 2. The molecule has 0 spiro atoms. The molecule has 0 saturated carbocycles. The maximum Gasteiger partial charge on any atom is 0.316 e. The van der Waals surface area contributed by atoms with Gasteiger partial charge in [0.2, 0.25) is 0 Å². The van der Waals surface area contributed by atoms with E-state index in [9.17, 15) is 18.4 Å². The molecule has 0 aliphatic carbocycles. The van der Waals surface area contributed by atoms with Gasteiger partial charge in [-0.3, -0.25) is 9.59 Å². The molecule has 3 nitrogen and oxygen atoms in total. The molecule has 2 unspecified atom stereocenters. The number of hydrogen-bond donors (Lipinski definition) is 0. The van der Waals surface area contributed by atoms with Crippen LogP contribution in [0, 0.1) is 23.5 Å². The minimum absolute atomic E-state index is 0.0937. The Bertz CT molecular complexity index is 516. The smallest absolute Gasteiger partial charge is 0.316 e. The van der Waals surface area contributed by atoms with Crippen LogP contribution in [0.4, 0.5) is 8.78 Å². The quantitative estimate of drug-likeness (QED) is 0.633. The van der Waals surface area contributed by atoms with Gasteiger partial charge in [0.1, 0.15) is 23.7 Å². The minimum Gasteiger partial charge on any atom is -0.461 e. The van der Waals surface area contributed by atoms with Crippen LogP contribution in [0.15, 0.2) is 18.2 Å². The topological polar surface area (TPSA) is 43.4 Å². The Morgan fingerprint density at radius 1 is 1.19 bits per heavy atom. The van der Waals surface area contributed by atoms with Crippen molar-refractivity contribution in [2.45, 2.75) is 39.2 Å². The molecule has 1 heterocycles. The fourth-order valence-corrected chi connectivity index (χ4v) is 2.46. The standard InChI is InChI=1S/C16H18F2O3/c1-9(2)15-8-14(19)13(16(20)21-15)4-3-10-5-11(17)7-12(18)6-10/h5-7,9,13,15H,3-4,8H2,1-2H3. The second-order valence-corrected chi connectivity index (χ2v) is 5.76. The van der Waals surface area contributed by atoms with Crippen molar-refractivity contribution in [1.29, 1.82) is 0 Å². The summed E-state index contributed by atoms with van der Waals surface area (Å²) < 4.78 is 31.4. The van der Waals surface area contributed by atoms with Crippen molar-refractivity contribution >= 4 is 11.8 Å². The largest absolute Gasteiger partial charge is 0.461 e. The third-order valence-corrected chi connectivity index (χ3v) is 3.73. The molecule has 1 aromatic rings. The normalized spacial score (nSPS) is 22.5. The zero-order valence-corrected chi connectivity index (χ0v) is 12.1. The molecular weight excluding hydrogens is 278 g/mol. The molecule has 0 bridgehead atoms. The molecule has 1 aliphatic heterocycles. The first-order valence-corrected chi connectivity index (χ1v) is 7.05. The summed E-state index contributed by atoms with van der Waals surface area (Å²) in [6.45, 7) is 3.78. The average molecular weight is 296 g/mol. The Balaban J connectivity index is 2.00. The highest BCUT2D eigenvalue weighted by Gasteiger charge is 2.37. The van der Waals surface area contributed by atoms with E-state index in [1.165, 1.54) is 12.1 Å². The molecule has 2 atom stereocenters. The maximum absolute atomic E-state index is 13.1.